The van der Waals surface area contributed by atoms with Gasteiger partial charge >= 0.3 is 5.97 Å². The zero-order valence-electron chi connectivity index (χ0n) is 14.9. The molecule has 0 saturated heterocycles. The average molecular weight is 354 g/mol. The Morgan fingerprint density at radius 3 is 2.35 bits per heavy atom. The van der Waals surface area contributed by atoms with Crippen molar-refractivity contribution in [2.24, 2.45) is 0 Å². The molecule has 0 atom stereocenters. The lowest BCUT2D eigenvalue weighted by atomic mass is 10.1. The van der Waals surface area contributed by atoms with E-state index in [1.165, 1.54) is 0 Å². The summed E-state index contributed by atoms with van der Waals surface area (Å²) in [7, 11) is 0. The van der Waals surface area contributed by atoms with Crippen LogP contribution in [0.2, 0.25) is 0 Å². The van der Waals surface area contributed by atoms with Gasteiger partial charge < -0.3 is 15.4 Å². The van der Waals surface area contributed by atoms with E-state index in [0.717, 1.165) is 11.1 Å². The maximum absolute atomic E-state index is 12.1. The number of anilines is 1. The molecule has 0 saturated carbocycles. The van der Waals surface area contributed by atoms with E-state index in [2.05, 4.69) is 10.6 Å². The lowest BCUT2D eigenvalue weighted by Gasteiger charge is -2.11. The summed E-state index contributed by atoms with van der Waals surface area (Å²) in [5.74, 6) is -1.17. The first-order valence-electron chi connectivity index (χ1n) is 8.38. The van der Waals surface area contributed by atoms with E-state index in [4.69, 9.17) is 4.74 Å². The molecule has 26 heavy (non-hydrogen) atoms. The molecule has 2 amide bonds. The lowest BCUT2D eigenvalue weighted by Crippen LogP contribution is -2.34. The summed E-state index contributed by atoms with van der Waals surface area (Å²) >= 11 is 0. The number of esters is 1. The van der Waals surface area contributed by atoms with Crippen LogP contribution in [0.25, 0.3) is 0 Å². The molecular formula is C20H22N2O4. The van der Waals surface area contributed by atoms with Crippen LogP contribution in [-0.2, 0) is 20.7 Å². The largest absolute Gasteiger partial charge is 0.462 e. The first-order valence-corrected chi connectivity index (χ1v) is 8.38. The van der Waals surface area contributed by atoms with Crippen molar-refractivity contribution in [1.82, 2.24) is 5.32 Å². The molecule has 0 aromatic heterocycles. The average Bonchev–Trinajstić information content (AvgIpc) is 2.62. The van der Waals surface area contributed by atoms with Gasteiger partial charge in [-0.1, -0.05) is 42.0 Å². The highest BCUT2D eigenvalue weighted by Crippen LogP contribution is 2.16. The standard InChI is InChI=1S/C20H22N2O4/c1-3-26-20(25)16-6-4-5-7-17(16)22-19(24)13-21-18(23)12-15-10-8-14(2)9-11-15/h4-11H,3,12-13H2,1-2H3,(H,21,23)(H,22,24). The van der Waals surface area contributed by atoms with Gasteiger partial charge in [-0.3, -0.25) is 9.59 Å². The van der Waals surface area contributed by atoms with Crippen molar-refractivity contribution < 1.29 is 19.1 Å². The molecule has 2 N–H and O–H groups in total. The van der Waals surface area contributed by atoms with Gasteiger partial charge in [0.1, 0.15) is 0 Å². The number of rotatable bonds is 7. The smallest absolute Gasteiger partial charge is 0.340 e. The van der Waals surface area contributed by atoms with E-state index in [1.807, 2.05) is 31.2 Å². The van der Waals surface area contributed by atoms with Crippen LogP contribution in [0.3, 0.4) is 0 Å². The number of carbonyl (C=O) groups excluding carboxylic acids is 3. The molecule has 0 fully saturated rings. The number of hydrogen-bond donors (Lipinski definition) is 2. The van der Waals surface area contributed by atoms with Gasteiger partial charge in [-0.05, 0) is 31.5 Å². The summed E-state index contributed by atoms with van der Waals surface area (Å²) < 4.78 is 4.96. The summed E-state index contributed by atoms with van der Waals surface area (Å²) in [4.78, 5) is 35.9. The van der Waals surface area contributed by atoms with E-state index in [-0.39, 0.29) is 31.0 Å². The molecular weight excluding hydrogens is 332 g/mol. The van der Waals surface area contributed by atoms with Crippen molar-refractivity contribution in [1.29, 1.82) is 0 Å². The van der Waals surface area contributed by atoms with E-state index < -0.39 is 11.9 Å². The highest BCUT2D eigenvalue weighted by molar-refractivity contribution is 6.02. The molecule has 0 aliphatic heterocycles. The van der Waals surface area contributed by atoms with Crippen molar-refractivity contribution >= 4 is 23.5 Å². The third-order valence-corrected chi connectivity index (χ3v) is 3.63. The SMILES string of the molecule is CCOC(=O)c1ccccc1NC(=O)CNC(=O)Cc1ccc(C)cc1. The maximum atomic E-state index is 12.1. The zero-order chi connectivity index (χ0) is 18.9. The summed E-state index contributed by atoms with van der Waals surface area (Å²) in [5.41, 5.74) is 2.62. The number of ether oxygens (including phenoxy) is 1. The van der Waals surface area contributed by atoms with Crippen molar-refractivity contribution in [3.8, 4) is 0 Å². The number of carbonyl (C=O) groups is 3. The third-order valence-electron chi connectivity index (χ3n) is 3.63. The molecule has 2 aromatic carbocycles. The number of benzene rings is 2. The van der Waals surface area contributed by atoms with Gasteiger partial charge in [0.2, 0.25) is 11.8 Å². The van der Waals surface area contributed by atoms with Gasteiger partial charge in [0.15, 0.2) is 0 Å². The van der Waals surface area contributed by atoms with Crippen LogP contribution < -0.4 is 10.6 Å². The lowest BCUT2D eigenvalue weighted by molar-refractivity contribution is -0.123. The molecule has 0 heterocycles. The number of aryl methyl sites for hydroxylation is 1. The molecule has 2 aromatic rings. The molecule has 0 aliphatic rings. The molecule has 0 unspecified atom stereocenters. The summed E-state index contributed by atoms with van der Waals surface area (Å²) in [6, 6.07) is 14.2. The van der Waals surface area contributed by atoms with Gasteiger partial charge in [0.05, 0.1) is 30.8 Å². The normalized spacial score (nSPS) is 10.1. The predicted molar refractivity (Wildman–Crippen MR) is 98.9 cm³/mol. The van der Waals surface area contributed by atoms with Gasteiger partial charge in [-0.25, -0.2) is 4.79 Å². The Morgan fingerprint density at radius 2 is 1.65 bits per heavy atom. The molecule has 136 valence electrons. The van der Waals surface area contributed by atoms with Crippen LogP contribution in [0.5, 0.6) is 0 Å². The Bertz CT molecular complexity index is 785. The summed E-state index contributed by atoms with van der Waals surface area (Å²) in [5, 5.41) is 5.19. The highest BCUT2D eigenvalue weighted by Gasteiger charge is 2.14. The van der Waals surface area contributed by atoms with Crippen LogP contribution in [0.15, 0.2) is 48.5 Å². The first kappa shape index (κ1) is 19.2. The second-order valence-electron chi connectivity index (χ2n) is 5.75. The van der Waals surface area contributed by atoms with Crippen LogP contribution in [0, 0.1) is 6.92 Å². The maximum Gasteiger partial charge on any atom is 0.340 e. The van der Waals surface area contributed by atoms with Crippen LogP contribution in [-0.4, -0.2) is 30.9 Å². The Morgan fingerprint density at radius 1 is 0.962 bits per heavy atom. The van der Waals surface area contributed by atoms with Crippen molar-refractivity contribution in [2.45, 2.75) is 20.3 Å². The van der Waals surface area contributed by atoms with E-state index in [9.17, 15) is 14.4 Å². The molecule has 0 aliphatic carbocycles. The Hall–Kier alpha value is -3.15. The fourth-order valence-electron chi connectivity index (χ4n) is 2.31. The van der Waals surface area contributed by atoms with Crippen LogP contribution in [0.4, 0.5) is 5.69 Å². The molecule has 0 radical (unpaired) electrons. The van der Waals surface area contributed by atoms with Gasteiger partial charge in [-0.15, -0.1) is 0 Å². The predicted octanol–water partition coefficient (Wildman–Crippen LogP) is 2.47. The minimum absolute atomic E-state index is 0.179. The first-order chi connectivity index (χ1) is 12.5. The number of hydrogen-bond acceptors (Lipinski definition) is 4. The summed E-state index contributed by atoms with van der Waals surface area (Å²) in [6.07, 6.45) is 0.201. The highest BCUT2D eigenvalue weighted by atomic mass is 16.5. The monoisotopic (exact) mass is 354 g/mol. The topological polar surface area (TPSA) is 84.5 Å². The van der Waals surface area contributed by atoms with Crippen LogP contribution in [0.1, 0.15) is 28.4 Å². The van der Waals surface area contributed by atoms with E-state index in [0.29, 0.717) is 5.69 Å². The Labute approximate surface area is 152 Å². The second-order valence-corrected chi connectivity index (χ2v) is 5.75. The van der Waals surface area contributed by atoms with Crippen molar-refractivity contribution in [3.63, 3.8) is 0 Å². The van der Waals surface area contributed by atoms with Gasteiger partial charge in [0, 0.05) is 0 Å². The van der Waals surface area contributed by atoms with E-state index >= 15 is 0 Å². The minimum Gasteiger partial charge on any atom is -0.462 e. The number of nitrogens with one attached hydrogen (secondary N) is 2. The quantitative estimate of drug-likeness (QED) is 0.748. The third kappa shape index (κ3) is 5.73. The van der Waals surface area contributed by atoms with Crippen LogP contribution >= 0.6 is 0 Å². The molecule has 2 rings (SSSR count). The zero-order valence-corrected chi connectivity index (χ0v) is 14.9. The van der Waals surface area contributed by atoms with Crippen molar-refractivity contribution in [3.05, 3.63) is 65.2 Å². The Balaban J connectivity index is 1.88. The molecule has 6 nitrogen and oxygen atoms in total. The fourth-order valence-corrected chi connectivity index (χ4v) is 2.31. The van der Waals surface area contributed by atoms with E-state index in [1.54, 1.807) is 31.2 Å². The summed E-state index contributed by atoms with van der Waals surface area (Å²) in [6.45, 7) is 3.75. The molecule has 0 spiro atoms. The van der Waals surface area contributed by atoms with Crippen molar-refractivity contribution in [2.75, 3.05) is 18.5 Å². The number of para-hydroxylation sites is 1. The Kier molecular flexibility index (Phi) is 6.91. The fraction of sp³-hybridized carbons (Fsp3) is 0.250. The number of amides is 2. The van der Waals surface area contributed by atoms with Gasteiger partial charge in [-0.2, -0.15) is 0 Å². The molecule has 6 heteroatoms. The minimum atomic E-state index is -0.508. The molecule has 0 bridgehead atoms. The van der Waals surface area contributed by atoms with Gasteiger partial charge in [0.25, 0.3) is 0 Å². The second kappa shape index (κ2) is 9.36.